The number of carbonyl (C=O) groups is 3. The number of hydrogen-bond acceptors (Lipinski definition) is 10. The van der Waals surface area contributed by atoms with Crippen LogP contribution in [0.5, 0.6) is 0 Å². The van der Waals surface area contributed by atoms with Crippen LogP contribution in [0.25, 0.3) is 0 Å². The van der Waals surface area contributed by atoms with Crippen molar-refractivity contribution >= 4 is 17.9 Å². The maximum Gasteiger partial charge on any atom is 0.303 e. The number of ether oxygens (including phenoxy) is 4. The Balaban J connectivity index is 1.53. The third-order valence-electron chi connectivity index (χ3n) is 6.67. The average molecular weight is 551 g/mol. The van der Waals surface area contributed by atoms with Gasteiger partial charge in [0.25, 0.3) is 0 Å². The predicted molar refractivity (Wildman–Crippen MR) is 142 cm³/mol. The minimum Gasteiger partial charge on any atom is -0.463 e. The molecule has 5 atom stereocenters. The number of hydrogen-bond donors (Lipinski definition) is 0. The maximum atomic E-state index is 12.0. The SMILES string of the molecule is CCC1C(OC(C)=O)C(COC(C)=O)OC(n2nnc(Cc3ccc(Cc4ccccc4)cc3)n2)C1OC(C)=O. The van der Waals surface area contributed by atoms with E-state index < -0.39 is 48.4 Å². The van der Waals surface area contributed by atoms with E-state index in [1.165, 1.54) is 36.7 Å². The molecule has 11 nitrogen and oxygen atoms in total. The van der Waals surface area contributed by atoms with Gasteiger partial charge < -0.3 is 18.9 Å². The van der Waals surface area contributed by atoms with Crippen LogP contribution in [-0.2, 0) is 46.2 Å². The van der Waals surface area contributed by atoms with Gasteiger partial charge in [0, 0.05) is 33.1 Å². The lowest BCUT2D eigenvalue weighted by molar-refractivity contribution is -0.255. The Bertz CT molecular complexity index is 1300. The summed E-state index contributed by atoms with van der Waals surface area (Å²) in [4.78, 5) is 36.7. The van der Waals surface area contributed by atoms with E-state index >= 15 is 0 Å². The van der Waals surface area contributed by atoms with E-state index in [2.05, 4.69) is 39.7 Å². The maximum absolute atomic E-state index is 12.0. The number of carbonyl (C=O) groups excluding carboxylic acids is 3. The lowest BCUT2D eigenvalue weighted by Crippen LogP contribution is -2.56. The Labute approximate surface area is 232 Å². The molecule has 0 N–H and O–H groups in total. The van der Waals surface area contributed by atoms with Gasteiger partial charge in [0.1, 0.15) is 18.8 Å². The van der Waals surface area contributed by atoms with Crippen molar-refractivity contribution in [2.24, 2.45) is 5.92 Å². The summed E-state index contributed by atoms with van der Waals surface area (Å²) in [7, 11) is 0. The van der Waals surface area contributed by atoms with Crippen LogP contribution in [-0.4, -0.2) is 63.0 Å². The highest BCUT2D eigenvalue weighted by atomic mass is 16.6. The van der Waals surface area contributed by atoms with Gasteiger partial charge in [-0.15, -0.1) is 15.0 Å². The first-order valence-corrected chi connectivity index (χ1v) is 13.3. The van der Waals surface area contributed by atoms with E-state index in [9.17, 15) is 14.4 Å². The van der Waals surface area contributed by atoms with E-state index in [4.69, 9.17) is 18.9 Å². The summed E-state index contributed by atoms with van der Waals surface area (Å²) >= 11 is 0. The number of benzene rings is 2. The molecule has 1 saturated heterocycles. The van der Waals surface area contributed by atoms with E-state index in [1.807, 2.05) is 37.3 Å². The molecule has 0 saturated carbocycles. The van der Waals surface area contributed by atoms with Crippen molar-refractivity contribution in [3.05, 3.63) is 77.1 Å². The molecule has 0 aliphatic carbocycles. The molecule has 0 bridgehead atoms. The number of rotatable bonds is 10. The summed E-state index contributed by atoms with van der Waals surface area (Å²) in [5.74, 6) is -1.59. The standard InChI is InChI=1S/C29H34N4O7/c1-5-24-27(38-19(3)35)25(17-37-18(2)34)40-29(28(24)39-20(4)36)33-31-26(30-32-33)16-23-13-11-22(12-14-23)15-21-9-7-6-8-10-21/h6-14,24-25,27-29H,5,15-17H2,1-4H3. The second kappa shape index (κ2) is 13.3. The Morgan fingerprint density at radius 3 is 2.02 bits per heavy atom. The van der Waals surface area contributed by atoms with Crippen LogP contribution in [0.2, 0.25) is 0 Å². The highest BCUT2D eigenvalue weighted by Crippen LogP contribution is 2.37. The van der Waals surface area contributed by atoms with Crippen molar-refractivity contribution in [2.75, 3.05) is 6.61 Å². The molecule has 1 fully saturated rings. The minimum absolute atomic E-state index is 0.163. The van der Waals surface area contributed by atoms with Crippen LogP contribution in [0.4, 0.5) is 0 Å². The summed E-state index contributed by atoms with van der Waals surface area (Å²) in [6.45, 7) is 5.56. The molecule has 0 spiro atoms. The van der Waals surface area contributed by atoms with Crippen molar-refractivity contribution in [3.63, 3.8) is 0 Å². The molecule has 1 aromatic heterocycles. The Morgan fingerprint density at radius 1 is 0.825 bits per heavy atom. The van der Waals surface area contributed by atoms with Gasteiger partial charge >= 0.3 is 17.9 Å². The summed E-state index contributed by atoms with van der Waals surface area (Å²) in [6, 6.07) is 18.5. The predicted octanol–water partition coefficient (Wildman–Crippen LogP) is 3.20. The van der Waals surface area contributed by atoms with Gasteiger partial charge in [0.15, 0.2) is 11.9 Å². The zero-order chi connectivity index (χ0) is 28.6. The Kier molecular flexibility index (Phi) is 9.60. The molecule has 2 heterocycles. The van der Waals surface area contributed by atoms with Gasteiger partial charge in [-0.3, -0.25) is 14.4 Å². The zero-order valence-electron chi connectivity index (χ0n) is 23.1. The molecule has 212 valence electrons. The smallest absolute Gasteiger partial charge is 0.303 e. The summed E-state index contributed by atoms with van der Waals surface area (Å²) in [5.41, 5.74) is 3.44. The second-order valence-electron chi connectivity index (χ2n) is 9.77. The van der Waals surface area contributed by atoms with Crippen molar-refractivity contribution < 1.29 is 33.3 Å². The van der Waals surface area contributed by atoms with E-state index in [-0.39, 0.29) is 6.61 Å². The highest BCUT2D eigenvalue weighted by Gasteiger charge is 2.50. The van der Waals surface area contributed by atoms with Crippen LogP contribution in [0.1, 0.15) is 62.9 Å². The molecule has 40 heavy (non-hydrogen) atoms. The normalized spacial score (nSPS) is 22.4. The average Bonchev–Trinajstić information content (AvgIpc) is 3.37. The van der Waals surface area contributed by atoms with Crippen molar-refractivity contribution in [3.8, 4) is 0 Å². The summed E-state index contributed by atoms with van der Waals surface area (Å²) in [6.07, 6.45) is -1.76. The number of tetrazole rings is 1. The quantitative estimate of drug-likeness (QED) is 0.274. The number of esters is 3. The third kappa shape index (κ3) is 7.50. The fourth-order valence-electron chi connectivity index (χ4n) is 4.91. The molecular weight excluding hydrogens is 516 g/mol. The fourth-order valence-corrected chi connectivity index (χ4v) is 4.91. The largest absolute Gasteiger partial charge is 0.463 e. The first-order valence-electron chi connectivity index (χ1n) is 13.3. The van der Waals surface area contributed by atoms with Gasteiger partial charge in [0.2, 0.25) is 6.23 Å². The second-order valence-corrected chi connectivity index (χ2v) is 9.77. The van der Waals surface area contributed by atoms with Crippen molar-refractivity contribution in [2.45, 2.75) is 71.5 Å². The van der Waals surface area contributed by atoms with Crippen LogP contribution < -0.4 is 0 Å². The van der Waals surface area contributed by atoms with Crippen molar-refractivity contribution in [1.29, 1.82) is 0 Å². The van der Waals surface area contributed by atoms with E-state index in [1.54, 1.807) is 0 Å². The molecule has 11 heteroatoms. The first kappa shape index (κ1) is 28.9. The molecule has 0 amide bonds. The minimum atomic E-state index is -0.976. The number of aromatic nitrogens is 4. The summed E-state index contributed by atoms with van der Waals surface area (Å²) in [5, 5.41) is 12.9. The lowest BCUT2D eigenvalue weighted by Gasteiger charge is -2.44. The van der Waals surface area contributed by atoms with Gasteiger partial charge in [-0.25, -0.2) is 0 Å². The molecule has 1 aliphatic heterocycles. The highest BCUT2D eigenvalue weighted by molar-refractivity contribution is 5.67. The van der Waals surface area contributed by atoms with Crippen LogP contribution in [0.15, 0.2) is 54.6 Å². The van der Waals surface area contributed by atoms with Gasteiger partial charge in [-0.1, -0.05) is 61.5 Å². The molecule has 0 radical (unpaired) electrons. The summed E-state index contributed by atoms with van der Waals surface area (Å²) < 4.78 is 22.6. The van der Waals surface area contributed by atoms with E-state index in [0.717, 1.165) is 12.0 Å². The molecule has 2 aromatic carbocycles. The fraction of sp³-hybridized carbons (Fsp3) is 0.448. The molecule has 4 rings (SSSR count). The van der Waals surface area contributed by atoms with Gasteiger partial charge in [-0.05, 0) is 34.7 Å². The topological polar surface area (TPSA) is 132 Å². The lowest BCUT2D eigenvalue weighted by atomic mass is 9.86. The van der Waals surface area contributed by atoms with Gasteiger partial charge in [0.05, 0.1) is 0 Å². The van der Waals surface area contributed by atoms with Crippen LogP contribution in [0.3, 0.4) is 0 Å². The monoisotopic (exact) mass is 550 g/mol. The van der Waals surface area contributed by atoms with Crippen LogP contribution >= 0.6 is 0 Å². The Morgan fingerprint density at radius 2 is 1.43 bits per heavy atom. The van der Waals surface area contributed by atoms with E-state index in [0.29, 0.717) is 18.7 Å². The van der Waals surface area contributed by atoms with Crippen LogP contribution in [0, 0.1) is 5.92 Å². The van der Waals surface area contributed by atoms with Crippen molar-refractivity contribution in [1.82, 2.24) is 20.2 Å². The molecule has 1 aliphatic rings. The zero-order valence-corrected chi connectivity index (χ0v) is 23.1. The molecule has 5 unspecified atom stereocenters. The molecule has 3 aromatic rings. The molecular formula is C29H34N4O7. The first-order chi connectivity index (χ1) is 19.2. The number of nitrogens with zero attached hydrogens (tertiary/aromatic N) is 4. The van der Waals surface area contributed by atoms with Gasteiger partial charge in [-0.2, -0.15) is 0 Å². The third-order valence-corrected chi connectivity index (χ3v) is 6.67. The Hall–Kier alpha value is -4.12.